The Morgan fingerprint density at radius 3 is 2.53 bits per heavy atom. The van der Waals surface area contributed by atoms with E-state index >= 15 is 0 Å². The normalized spacial score (nSPS) is 27.3. The van der Waals surface area contributed by atoms with Gasteiger partial charge in [0, 0.05) is 18.8 Å². The zero-order chi connectivity index (χ0) is 13.8. The van der Waals surface area contributed by atoms with Crippen molar-refractivity contribution in [1.29, 1.82) is 0 Å². The van der Waals surface area contributed by atoms with Crippen LogP contribution < -0.4 is 5.32 Å². The third-order valence-corrected chi connectivity index (χ3v) is 3.74. The first-order chi connectivity index (χ1) is 9.06. The van der Waals surface area contributed by atoms with E-state index in [-0.39, 0.29) is 0 Å². The maximum atomic E-state index is 6.01. The lowest BCUT2D eigenvalue weighted by molar-refractivity contribution is -0.0119. The Bertz CT molecular complexity index is 412. The van der Waals surface area contributed by atoms with Gasteiger partial charge in [0.05, 0.1) is 6.10 Å². The van der Waals surface area contributed by atoms with Gasteiger partial charge in [0.1, 0.15) is 12.4 Å². The number of hydrogen-bond donors (Lipinski definition) is 1. The highest BCUT2D eigenvalue weighted by molar-refractivity contribution is 5.34. The van der Waals surface area contributed by atoms with Crippen LogP contribution in [0.4, 0.5) is 5.82 Å². The Morgan fingerprint density at radius 1 is 1.21 bits per heavy atom. The minimum Gasteiger partial charge on any atom is -0.373 e. The van der Waals surface area contributed by atoms with E-state index in [2.05, 4.69) is 29.1 Å². The highest BCUT2D eigenvalue weighted by Crippen LogP contribution is 2.30. The predicted octanol–water partition coefficient (Wildman–Crippen LogP) is 3.17. The van der Waals surface area contributed by atoms with Gasteiger partial charge < -0.3 is 10.1 Å². The van der Waals surface area contributed by atoms with Gasteiger partial charge in [-0.2, -0.15) is 0 Å². The molecular weight excluding hydrogens is 238 g/mol. The third-order valence-electron chi connectivity index (χ3n) is 3.74. The molecule has 2 unspecified atom stereocenters. The van der Waals surface area contributed by atoms with Crippen LogP contribution in [0.5, 0.6) is 0 Å². The Morgan fingerprint density at radius 2 is 1.89 bits per heavy atom. The average Bonchev–Trinajstić information content (AvgIpc) is 2.34. The highest BCUT2D eigenvalue weighted by atomic mass is 16.5. The molecule has 1 aromatic heterocycles. The highest BCUT2D eigenvalue weighted by Gasteiger charge is 2.24. The third kappa shape index (κ3) is 4.16. The number of rotatable bonds is 4. The number of hydrogen-bond acceptors (Lipinski definition) is 4. The minimum atomic E-state index is 0.362. The maximum absolute atomic E-state index is 6.01. The first-order valence-corrected chi connectivity index (χ1v) is 7.20. The number of ether oxygens (including phenoxy) is 1. The summed E-state index contributed by atoms with van der Waals surface area (Å²) in [6.07, 6.45) is 4.01. The van der Waals surface area contributed by atoms with Gasteiger partial charge in [0.25, 0.3) is 0 Å². The van der Waals surface area contributed by atoms with Crippen molar-refractivity contribution < 1.29 is 4.74 Å². The number of nitrogens with zero attached hydrogens (tertiary/aromatic N) is 2. The van der Waals surface area contributed by atoms with Crippen LogP contribution in [0.25, 0.3) is 0 Å². The van der Waals surface area contributed by atoms with Gasteiger partial charge in [-0.05, 0) is 38.0 Å². The number of nitrogens with one attached hydrogen (secondary N) is 1. The molecule has 1 aromatic rings. The van der Waals surface area contributed by atoms with Gasteiger partial charge >= 0.3 is 0 Å². The molecule has 0 amide bonds. The summed E-state index contributed by atoms with van der Waals surface area (Å²) in [5.74, 6) is 3.16. The Kier molecular flexibility index (Phi) is 4.75. The maximum Gasteiger partial charge on any atom is 0.156 e. The quantitative estimate of drug-likeness (QED) is 0.906. The molecule has 0 aliphatic heterocycles. The van der Waals surface area contributed by atoms with Gasteiger partial charge in [-0.3, -0.25) is 0 Å². The van der Waals surface area contributed by atoms with Crippen LogP contribution in [-0.4, -0.2) is 23.1 Å². The largest absolute Gasteiger partial charge is 0.373 e. The van der Waals surface area contributed by atoms with Crippen molar-refractivity contribution in [3.05, 3.63) is 17.6 Å². The summed E-state index contributed by atoms with van der Waals surface area (Å²) in [5.41, 5.74) is 0.975. The molecule has 2 rings (SSSR count). The topological polar surface area (TPSA) is 47.0 Å². The van der Waals surface area contributed by atoms with Crippen molar-refractivity contribution >= 4 is 5.82 Å². The molecular formula is C15H25N3O. The molecule has 1 N–H and O–H groups in total. The molecule has 0 bridgehead atoms. The summed E-state index contributed by atoms with van der Waals surface area (Å²) in [5, 5.41) is 3.05. The van der Waals surface area contributed by atoms with E-state index in [0.29, 0.717) is 12.7 Å². The smallest absolute Gasteiger partial charge is 0.156 e. The first kappa shape index (κ1) is 14.3. The second kappa shape index (κ2) is 6.33. The molecule has 0 radical (unpaired) electrons. The van der Waals surface area contributed by atoms with Gasteiger partial charge in [-0.25, -0.2) is 9.97 Å². The second-order valence-corrected chi connectivity index (χ2v) is 5.91. The van der Waals surface area contributed by atoms with Gasteiger partial charge in [0.2, 0.25) is 0 Å². The zero-order valence-electron chi connectivity index (χ0n) is 12.4. The lowest BCUT2D eigenvalue weighted by atomic mass is 9.82. The summed E-state index contributed by atoms with van der Waals surface area (Å²) >= 11 is 0. The minimum absolute atomic E-state index is 0.362. The van der Waals surface area contributed by atoms with E-state index in [0.717, 1.165) is 42.0 Å². The lowest BCUT2D eigenvalue weighted by Gasteiger charge is -2.31. The first-order valence-electron chi connectivity index (χ1n) is 7.20. The summed E-state index contributed by atoms with van der Waals surface area (Å²) in [7, 11) is 1.87. The molecule has 106 valence electrons. The van der Waals surface area contributed by atoms with Gasteiger partial charge in [0.15, 0.2) is 5.82 Å². The second-order valence-electron chi connectivity index (χ2n) is 5.91. The molecule has 0 spiro atoms. The predicted molar refractivity (Wildman–Crippen MR) is 77.1 cm³/mol. The van der Waals surface area contributed by atoms with Crippen molar-refractivity contribution in [2.75, 3.05) is 12.4 Å². The van der Waals surface area contributed by atoms with Crippen LogP contribution in [0.1, 0.15) is 44.6 Å². The summed E-state index contributed by atoms with van der Waals surface area (Å²) in [6, 6.07) is 1.94. The Labute approximate surface area is 116 Å². The molecule has 1 aliphatic rings. The van der Waals surface area contributed by atoms with Crippen LogP contribution in [0, 0.1) is 18.8 Å². The standard InChI is InChI=1S/C15H25N3O/c1-10-5-11(2)7-13(6-10)19-9-15-17-12(3)8-14(16-4)18-15/h8,10-11,13H,5-7,9H2,1-4H3,(H,16,17,18). The van der Waals surface area contributed by atoms with Crippen molar-refractivity contribution in [3.8, 4) is 0 Å². The van der Waals surface area contributed by atoms with E-state index in [1.54, 1.807) is 0 Å². The Balaban J connectivity index is 1.93. The molecule has 1 saturated carbocycles. The molecule has 0 aromatic carbocycles. The SMILES string of the molecule is CNc1cc(C)nc(COC2CC(C)CC(C)C2)n1. The van der Waals surface area contributed by atoms with Crippen LogP contribution >= 0.6 is 0 Å². The van der Waals surface area contributed by atoms with E-state index in [4.69, 9.17) is 4.74 Å². The molecule has 0 saturated heterocycles. The van der Waals surface area contributed by atoms with Crippen LogP contribution in [0.15, 0.2) is 6.07 Å². The van der Waals surface area contributed by atoms with E-state index in [1.165, 1.54) is 6.42 Å². The molecule has 4 nitrogen and oxygen atoms in total. The molecule has 1 heterocycles. The summed E-state index contributed by atoms with van der Waals surface area (Å²) in [4.78, 5) is 8.86. The molecule has 2 atom stereocenters. The Hall–Kier alpha value is -1.16. The van der Waals surface area contributed by atoms with Crippen molar-refractivity contribution in [2.45, 2.75) is 52.7 Å². The number of anilines is 1. The molecule has 1 fully saturated rings. The van der Waals surface area contributed by atoms with Crippen molar-refractivity contribution in [1.82, 2.24) is 9.97 Å². The fourth-order valence-electron chi connectivity index (χ4n) is 3.02. The van der Waals surface area contributed by atoms with Crippen LogP contribution in [-0.2, 0) is 11.3 Å². The lowest BCUT2D eigenvalue weighted by Crippen LogP contribution is -2.26. The fourth-order valence-corrected chi connectivity index (χ4v) is 3.02. The summed E-state index contributed by atoms with van der Waals surface area (Å²) < 4.78 is 6.01. The molecule has 1 aliphatic carbocycles. The molecule has 4 heteroatoms. The van der Waals surface area contributed by atoms with Crippen molar-refractivity contribution in [2.24, 2.45) is 11.8 Å². The van der Waals surface area contributed by atoms with E-state index < -0.39 is 0 Å². The average molecular weight is 263 g/mol. The van der Waals surface area contributed by atoms with E-state index in [1.807, 2.05) is 20.0 Å². The zero-order valence-corrected chi connectivity index (χ0v) is 12.4. The van der Waals surface area contributed by atoms with E-state index in [9.17, 15) is 0 Å². The van der Waals surface area contributed by atoms with Crippen LogP contribution in [0.3, 0.4) is 0 Å². The number of aromatic nitrogens is 2. The summed E-state index contributed by atoms with van der Waals surface area (Å²) in [6.45, 7) is 7.12. The van der Waals surface area contributed by atoms with Crippen molar-refractivity contribution in [3.63, 3.8) is 0 Å². The van der Waals surface area contributed by atoms with Gasteiger partial charge in [-0.15, -0.1) is 0 Å². The molecule has 19 heavy (non-hydrogen) atoms. The monoisotopic (exact) mass is 263 g/mol. The fraction of sp³-hybridized carbons (Fsp3) is 0.733. The van der Waals surface area contributed by atoms with Crippen LogP contribution in [0.2, 0.25) is 0 Å². The van der Waals surface area contributed by atoms with Gasteiger partial charge in [-0.1, -0.05) is 13.8 Å². The number of aryl methyl sites for hydroxylation is 1.